The maximum Gasteiger partial charge on any atom is 0.321 e. The topological polar surface area (TPSA) is 91.5 Å². The molecule has 0 radical (unpaired) electrons. The second-order valence-corrected chi connectivity index (χ2v) is 6.76. The monoisotopic (exact) mass is 344 g/mol. The van der Waals surface area contributed by atoms with E-state index in [0.29, 0.717) is 23.9 Å². The lowest BCUT2D eigenvalue weighted by Crippen LogP contribution is -2.43. The molecule has 134 valence electrons. The van der Waals surface area contributed by atoms with Crippen LogP contribution in [0.5, 0.6) is 0 Å². The number of aliphatic hydroxyl groups is 1. The summed E-state index contributed by atoms with van der Waals surface area (Å²) in [6.07, 6.45) is 1.89. The Balaban J connectivity index is 1.63. The lowest BCUT2D eigenvalue weighted by molar-refractivity contribution is 0.136. The number of likely N-dealkylation sites (tertiary alicyclic amines) is 1. The molecule has 1 aliphatic rings. The number of aromatic nitrogens is 2. The van der Waals surface area contributed by atoms with E-state index in [2.05, 4.69) is 15.5 Å². The Kier molecular flexibility index (Phi) is 5.33. The number of rotatable bonds is 4. The molecule has 1 aromatic heterocycles. The highest BCUT2D eigenvalue weighted by Gasteiger charge is 2.23. The van der Waals surface area contributed by atoms with Crippen LogP contribution in [0, 0.1) is 5.92 Å². The van der Waals surface area contributed by atoms with Crippen LogP contribution in [-0.2, 0) is 0 Å². The van der Waals surface area contributed by atoms with E-state index in [1.807, 2.05) is 38.1 Å². The Morgan fingerprint density at radius 3 is 2.80 bits per heavy atom. The predicted molar refractivity (Wildman–Crippen MR) is 94.2 cm³/mol. The van der Waals surface area contributed by atoms with Gasteiger partial charge in [0.05, 0.1) is 0 Å². The maximum absolute atomic E-state index is 12.4. The second-order valence-electron chi connectivity index (χ2n) is 6.76. The van der Waals surface area contributed by atoms with E-state index in [1.54, 1.807) is 4.90 Å². The van der Waals surface area contributed by atoms with Crippen molar-refractivity contribution in [3.05, 3.63) is 30.1 Å². The minimum Gasteiger partial charge on any atom is -0.396 e. The zero-order valence-corrected chi connectivity index (χ0v) is 14.6. The van der Waals surface area contributed by atoms with Crippen LogP contribution in [0.2, 0.25) is 0 Å². The molecule has 0 saturated carbocycles. The molecule has 1 saturated heterocycles. The molecule has 2 N–H and O–H groups in total. The molecule has 0 aliphatic carbocycles. The van der Waals surface area contributed by atoms with Gasteiger partial charge in [0.15, 0.2) is 5.82 Å². The number of amides is 2. The second kappa shape index (κ2) is 7.65. The summed E-state index contributed by atoms with van der Waals surface area (Å²) >= 11 is 0. The van der Waals surface area contributed by atoms with Gasteiger partial charge in [-0.2, -0.15) is 4.98 Å². The van der Waals surface area contributed by atoms with Gasteiger partial charge >= 0.3 is 6.03 Å². The van der Waals surface area contributed by atoms with Crippen molar-refractivity contribution in [3.63, 3.8) is 0 Å². The minimum absolute atomic E-state index is 0.126. The largest absolute Gasteiger partial charge is 0.396 e. The van der Waals surface area contributed by atoms with Crippen molar-refractivity contribution in [2.75, 3.05) is 25.0 Å². The highest BCUT2D eigenvalue weighted by Crippen LogP contribution is 2.22. The average molecular weight is 344 g/mol. The van der Waals surface area contributed by atoms with E-state index in [4.69, 9.17) is 4.52 Å². The van der Waals surface area contributed by atoms with Crippen LogP contribution in [0.25, 0.3) is 11.5 Å². The molecule has 7 heteroatoms. The Morgan fingerprint density at radius 2 is 2.16 bits per heavy atom. The van der Waals surface area contributed by atoms with Crippen LogP contribution in [0.1, 0.15) is 38.4 Å². The van der Waals surface area contributed by atoms with Gasteiger partial charge < -0.3 is 19.8 Å². The van der Waals surface area contributed by atoms with Crippen LogP contribution >= 0.6 is 0 Å². The maximum atomic E-state index is 12.4. The molecule has 1 aromatic carbocycles. The van der Waals surface area contributed by atoms with Gasteiger partial charge in [0, 0.05) is 36.9 Å². The summed E-state index contributed by atoms with van der Waals surface area (Å²) in [4.78, 5) is 18.5. The van der Waals surface area contributed by atoms with E-state index >= 15 is 0 Å². The van der Waals surface area contributed by atoms with Gasteiger partial charge in [-0.15, -0.1) is 0 Å². The third-order valence-corrected chi connectivity index (χ3v) is 4.41. The van der Waals surface area contributed by atoms with E-state index in [1.165, 1.54) is 0 Å². The molecule has 2 amide bonds. The van der Waals surface area contributed by atoms with Gasteiger partial charge in [-0.05, 0) is 43.0 Å². The molecular weight excluding hydrogens is 320 g/mol. The molecule has 1 fully saturated rings. The molecule has 2 heterocycles. The summed E-state index contributed by atoms with van der Waals surface area (Å²) in [5.74, 6) is 1.54. The van der Waals surface area contributed by atoms with Crippen LogP contribution < -0.4 is 5.32 Å². The third-order valence-electron chi connectivity index (χ3n) is 4.41. The van der Waals surface area contributed by atoms with Crippen LogP contribution in [-0.4, -0.2) is 45.9 Å². The number of hydrogen-bond acceptors (Lipinski definition) is 5. The van der Waals surface area contributed by atoms with Crippen molar-refractivity contribution in [1.29, 1.82) is 0 Å². The summed E-state index contributed by atoms with van der Waals surface area (Å²) in [6, 6.07) is 7.20. The van der Waals surface area contributed by atoms with Crippen molar-refractivity contribution >= 4 is 11.7 Å². The molecule has 3 rings (SSSR count). The Morgan fingerprint density at radius 1 is 1.40 bits per heavy atom. The molecular formula is C18H24N4O3. The molecule has 0 bridgehead atoms. The first-order chi connectivity index (χ1) is 12.1. The van der Waals surface area contributed by atoms with Gasteiger partial charge in [0.1, 0.15) is 0 Å². The fourth-order valence-electron chi connectivity index (χ4n) is 2.88. The number of benzene rings is 1. The summed E-state index contributed by atoms with van der Waals surface area (Å²) in [6.45, 7) is 5.46. The summed E-state index contributed by atoms with van der Waals surface area (Å²) in [7, 11) is 0. The Labute approximate surface area is 147 Å². The normalized spacial score (nSPS) is 17.8. The van der Waals surface area contributed by atoms with Gasteiger partial charge in [0.25, 0.3) is 5.89 Å². The molecule has 25 heavy (non-hydrogen) atoms. The number of hydrogen-bond donors (Lipinski definition) is 2. The number of nitrogens with zero attached hydrogens (tertiary/aromatic N) is 3. The van der Waals surface area contributed by atoms with Crippen LogP contribution in [0.3, 0.4) is 0 Å². The van der Waals surface area contributed by atoms with Crippen molar-refractivity contribution in [3.8, 4) is 11.5 Å². The number of urea groups is 1. The van der Waals surface area contributed by atoms with Gasteiger partial charge in [-0.3, -0.25) is 0 Å². The average Bonchev–Trinajstić information content (AvgIpc) is 3.13. The van der Waals surface area contributed by atoms with Gasteiger partial charge in [-0.25, -0.2) is 4.79 Å². The van der Waals surface area contributed by atoms with E-state index in [0.717, 1.165) is 24.9 Å². The van der Waals surface area contributed by atoms with Gasteiger partial charge in [-0.1, -0.05) is 19.0 Å². The standard InChI is InChI=1S/C18H24N4O3/c1-12(2)16-20-17(25-21-16)14-5-7-15(8-6-14)19-18(24)22-9-3-4-13(10-22)11-23/h5-8,12-13,23H,3-4,9-11H2,1-2H3,(H,19,24). The first-order valence-corrected chi connectivity index (χ1v) is 8.67. The number of carbonyl (C=O) groups excluding carboxylic acids is 1. The molecule has 0 spiro atoms. The first-order valence-electron chi connectivity index (χ1n) is 8.67. The smallest absolute Gasteiger partial charge is 0.321 e. The van der Waals surface area contributed by atoms with E-state index in [9.17, 15) is 9.90 Å². The lowest BCUT2D eigenvalue weighted by atomic mass is 9.99. The van der Waals surface area contributed by atoms with Crippen molar-refractivity contribution < 1.29 is 14.4 Å². The highest BCUT2D eigenvalue weighted by atomic mass is 16.5. The van der Waals surface area contributed by atoms with E-state index < -0.39 is 0 Å². The number of carbonyl (C=O) groups is 1. The van der Waals surface area contributed by atoms with Crippen LogP contribution in [0.15, 0.2) is 28.8 Å². The highest BCUT2D eigenvalue weighted by molar-refractivity contribution is 5.89. The molecule has 1 aliphatic heterocycles. The van der Waals surface area contributed by atoms with E-state index in [-0.39, 0.29) is 24.5 Å². The Hall–Kier alpha value is -2.41. The summed E-state index contributed by atoms with van der Waals surface area (Å²) in [5.41, 5.74) is 1.53. The van der Waals surface area contributed by atoms with Gasteiger partial charge in [0.2, 0.25) is 0 Å². The number of nitrogens with one attached hydrogen (secondary N) is 1. The number of aliphatic hydroxyl groups excluding tert-OH is 1. The zero-order chi connectivity index (χ0) is 17.8. The molecule has 1 unspecified atom stereocenters. The fraction of sp³-hybridized carbons (Fsp3) is 0.500. The predicted octanol–water partition coefficient (Wildman–Crippen LogP) is 3.10. The number of anilines is 1. The quantitative estimate of drug-likeness (QED) is 0.889. The van der Waals surface area contributed by atoms with Crippen molar-refractivity contribution in [2.45, 2.75) is 32.6 Å². The third kappa shape index (κ3) is 4.17. The van der Waals surface area contributed by atoms with Crippen molar-refractivity contribution in [2.24, 2.45) is 5.92 Å². The SMILES string of the molecule is CC(C)c1noc(-c2ccc(NC(=O)N3CCCC(CO)C3)cc2)n1. The fourth-order valence-corrected chi connectivity index (χ4v) is 2.88. The number of piperidine rings is 1. The zero-order valence-electron chi connectivity index (χ0n) is 14.6. The molecule has 1 atom stereocenters. The molecule has 7 nitrogen and oxygen atoms in total. The molecule has 2 aromatic rings. The van der Waals surface area contributed by atoms with Crippen LogP contribution in [0.4, 0.5) is 10.5 Å². The summed E-state index contributed by atoms with van der Waals surface area (Å²) in [5, 5.41) is 16.1. The summed E-state index contributed by atoms with van der Waals surface area (Å²) < 4.78 is 5.27. The minimum atomic E-state index is -0.134. The Bertz CT molecular complexity index is 711. The lowest BCUT2D eigenvalue weighted by Gasteiger charge is -2.31. The van der Waals surface area contributed by atoms with Crippen molar-refractivity contribution in [1.82, 2.24) is 15.0 Å². The first kappa shape index (κ1) is 17.4.